The quantitative estimate of drug-likeness (QED) is 0.0171. The van der Waals surface area contributed by atoms with Gasteiger partial charge in [0.15, 0.2) is 10.5 Å². The van der Waals surface area contributed by atoms with E-state index in [-0.39, 0.29) is 50.6 Å². The summed E-state index contributed by atoms with van der Waals surface area (Å²) in [5, 5.41) is 15.2. The second-order valence-electron chi connectivity index (χ2n) is 18.9. The summed E-state index contributed by atoms with van der Waals surface area (Å²) in [6.45, 7) is 0.0553. The number of allylic oxidation sites excluding steroid dienone is 12. The molecule has 2 saturated heterocycles. The molecule has 2 fully saturated rings. The average molecular weight is 1160 g/mol. The van der Waals surface area contributed by atoms with E-state index in [0.717, 1.165) is 77.0 Å². The first-order valence-electron chi connectivity index (χ1n) is 26.3. The first-order chi connectivity index (χ1) is 36.3. The molecule has 2 heterocycles. The van der Waals surface area contributed by atoms with Crippen LogP contribution in [0, 0.1) is 10.8 Å². The third-order valence-corrected chi connectivity index (χ3v) is 14.1. The van der Waals surface area contributed by atoms with Crippen LogP contribution in [-0.2, 0) is 77.4 Å². The maximum atomic E-state index is 12.2. The molecule has 0 amide bonds. The summed E-state index contributed by atoms with van der Waals surface area (Å²) >= 11 is 0. The van der Waals surface area contributed by atoms with E-state index in [0.29, 0.717) is 12.8 Å². The standard InChI is InChI=1S/2C27H42O10S.Ca/c2*1-2-3-4-5-6-7-8-9-10-11-12-13-14-15-16-17-24(29)35-20-27(19-28)21-36-25(30)18-23(38(32,33)34)26(31)37-22-27;/h2*5-10,23,28H,2-4,11-22H2,1H3,(H,32,33,34);/q;;+2/p-2/b2*6-5+,8-7+,10-9-;. The zero-order chi connectivity index (χ0) is 56.6. The van der Waals surface area contributed by atoms with Crippen molar-refractivity contribution >= 4 is 93.8 Å². The SMILES string of the molecule is CCCC/C=C/C=C/C=C\CCCCCCCC(=O)OCC1(CO)COC(=O)CC(S(=O)(=O)[O-])C(=O)OC1.CCCC/C=C/C=C/C=C\CCCCCCCC(=O)OCC1(CO)COC(=O)CC(S(=O)(=O)[O-])C(=O)OC1.[Ca+2]. The van der Waals surface area contributed by atoms with E-state index in [2.05, 4.69) is 50.3 Å². The van der Waals surface area contributed by atoms with E-state index < -0.39 is 143 Å². The molecule has 20 nitrogen and oxygen atoms in total. The average Bonchev–Trinajstić information content (AvgIpc) is 3.49. The predicted octanol–water partition coefficient (Wildman–Crippen LogP) is 6.62. The fraction of sp³-hybridized carbons (Fsp3) is 0.667. The van der Waals surface area contributed by atoms with Gasteiger partial charge in [-0.25, -0.2) is 16.8 Å². The van der Waals surface area contributed by atoms with Gasteiger partial charge in [0.05, 0.1) is 36.9 Å². The molecule has 4 atom stereocenters. The number of aliphatic hydroxyl groups excluding tert-OH is 2. The molecular weight excluding hydrogens is 1070 g/mol. The Kier molecular flexibility index (Phi) is 41.0. The number of rotatable bonds is 34. The molecule has 0 aromatic rings. The van der Waals surface area contributed by atoms with Crippen LogP contribution < -0.4 is 0 Å². The van der Waals surface area contributed by atoms with Crippen molar-refractivity contribution < 1.29 is 93.3 Å². The second kappa shape index (κ2) is 43.1. The molecule has 0 radical (unpaired) electrons. The summed E-state index contributed by atoms with van der Waals surface area (Å²) < 4.78 is 97.6. The van der Waals surface area contributed by atoms with Crippen LogP contribution in [0.1, 0.15) is 155 Å². The van der Waals surface area contributed by atoms with Gasteiger partial charge in [-0.1, -0.05) is 151 Å². The molecular formula is C54H82CaO20S2. The Morgan fingerprint density at radius 2 is 0.805 bits per heavy atom. The maximum Gasteiger partial charge on any atom is 2.00 e. The predicted molar refractivity (Wildman–Crippen MR) is 285 cm³/mol. The molecule has 2 N–H and O–H groups in total. The number of unbranched alkanes of at least 4 members (excludes halogenated alkanes) is 14. The van der Waals surface area contributed by atoms with Gasteiger partial charge in [-0.2, -0.15) is 0 Å². The van der Waals surface area contributed by atoms with Crippen molar-refractivity contribution in [2.75, 3.05) is 52.9 Å². The number of aliphatic hydroxyl groups is 2. The Labute approximate surface area is 486 Å². The summed E-state index contributed by atoms with van der Waals surface area (Å²) in [7, 11) is -10.3. The number of hydrogen-bond donors (Lipinski definition) is 2. The summed E-state index contributed by atoms with van der Waals surface area (Å²) in [6, 6.07) is 0. The summed E-state index contributed by atoms with van der Waals surface area (Å²) in [4.78, 5) is 72.1. The Bertz CT molecular complexity index is 2000. The third-order valence-electron chi connectivity index (χ3n) is 12.0. The first kappa shape index (κ1) is 73.3. The van der Waals surface area contributed by atoms with E-state index >= 15 is 0 Å². The van der Waals surface area contributed by atoms with Gasteiger partial charge in [0, 0.05) is 12.8 Å². The van der Waals surface area contributed by atoms with Crippen molar-refractivity contribution in [3.05, 3.63) is 72.9 Å². The molecule has 4 unspecified atom stereocenters. The molecule has 77 heavy (non-hydrogen) atoms. The number of hydrogen-bond acceptors (Lipinski definition) is 20. The zero-order valence-electron chi connectivity index (χ0n) is 45.1. The van der Waals surface area contributed by atoms with Gasteiger partial charge >= 0.3 is 73.6 Å². The Morgan fingerprint density at radius 3 is 1.12 bits per heavy atom. The van der Waals surface area contributed by atoms with Gasteiger partial charge in [0.1, 0.15) is 59.9 Å². The third kappa shape index (κ3) is 35.5. The fourth-order valence-electron chi connectivity index (χ4n) is 6.99. The minimum Gasteiger partial charge on any atom is -0.747 e. The smallest absolute Gasteiger partial charge is 0.747 e. The van der Waals surface area contributed by atoms with Crippen molar-refractivity contribution in [3.63, 3.8) is 0 Å². The molecule has 2 rings (SSSR count). The molecule has 0 aromatic carbocycles. The van der Waals surface area contributed by atoms with Crippen LogP contribution in [0.3, 0.4) is 0 Å². The molecule has 0 aliphatic carbocycles. The van der Waals surface area contributed by atoms with Crippen LogP contribution in [0.5, 0.6) is 0 Å². The van der Waals surface area contributed by atoms with Gasteiger partial charge in [0.2, 0.25) is 0 Å². The monoisotopic (exact) mass is 1150 g/mol. The molecule has 432 valence electrons. The Hall–Kier alpha value is -3.74. The largest absolute Gasteiger partial charge is 2.00 e. The Balaban J connectivity index is 0.00000148. The molecule has 0 saturated carbocycles. The van der Waals surface area contributed by atoms with Crippen LogP contribution in [0.25, 0.3) is 0 Å². The van der Waals surface area contributed by atoms with Crippen LogP contribution in [0.2, 0.25) is 0 Å². The van der Waals surface area contributed by atoms with Gasteiger partial charge < -0.3 is 47.7 Å². The number of carbonyl (C=O) groups is 6. The normalized spacial score (nSPS) is 21.0. The maximum absolute atomic E-state index is 12.2. The molecule has 0 bridgehead atoms. The first-order valence-corrected chi connectivity index (χ1v) is 29.2. The summed E-state index contributed by atoms with van der Waals surface area (Å²) in [6.07, 6.45) is 41.5. The van der Waals surface area contributed by atoms with E-state index in [9.17, 15) is 64.9 Å². The van der Waals surface area contributed by atoms with E-state index in [1.54, 1.807) is 0 Å². The van der Waals surface area contributed by atoms with E-state index in [1.165, 1.54) is 25.7 Å². The van der Waals surface area contributed by atoms with Crippen LogP contribution in [0.4, 0.5) is 0 Å². The summed E-state index contributed by atoms with van der Waals surface area (Å²) in [5.41, 5.74) is -2.92. The number of ether oxygens (including phenoxy) is 6. The minimum absolute atomic E-state index is 0. The van der Waals surface area contributed by atoms with Gasteiger partial charge in [-0.15, -0.1) is 0 Å². The van der Waals surface area contributed by atoms with Crippen LogP contribution >= 0.6 is 0 Å². The second-order valence-corrected chi connectivity index (χ2v) is 22.0. The molecule has 0 aromatic heterocycles. The molecule has 2 aliphatic heterocycles. The minimum atomic E-state index is -5.14. The number of carbonyl (C=O) groups excluding carboxylic acids is 6. The van der Waals surface area contributed by atoms with Crippen molar-refractivity contribution in [1.29, 1.82) is 0 Å². The molecule has 2 aliphatic rings. The van der Waals surface area contributed by atoms with E-state index in [4.69, 9.17) is 28.4 Å². The number of cyclic esters (lactones) is 4. The molecule has 0 spiro atoms. The zero-order valence-corrected chi connectivity index (χ0v) is 48.9. The van der Waals surface area contributed by atoms with Crippen LogP contribution in [0.15, 0.2) is 72.9 Å². The summed E-state index contributed by atoms with van der Waals surface area (Å²) in [5.74, 6) is -6.09. The van der Waals surface area contributed by atoms with Gasteiger partial charge in [-0.3, -0.25) is 28.8 Å². The van der Waals surface area contributed by atoms with Crippen LogP contribution in [-0.4, -0.2) is 173 Å². The van der Waals surface area contributed by atoms with Gasteiger partial charge in [-0.05, 0) is 51.4 Å². The fourth-order valence-corrected chi connectivity index (χ4v) is 8.28. The Morgan fingerprint density at radius 1 is 0.506 bits per heavy atom. The number of esters is 6. The van der Waals surface area contributed by atoms with Crippen molar-refractivity contribution in [2.24, 2.45) is 10.8 Å². The molecule has 23 heteroatoms. The van der Waals surface area contributed by atoms with Crippen molar-refractivity contribution in [3.8, 4) is 0 Å². The van der Waals surface area contributed by atoms with Crippen molar-refractivity contribution in [2.45, 2.75) is 166 Å². The van der Waals surface area contributed by atoms with E-state index in [1.807, 2.05) is 36.5 Å². The van der Waals surface area contributed by atoms with Crippen molar-refractivity contribution in [1.82, 2.24) is 0 Å². The topological polar surface area (TPSA) is 313 Å². The van der Waals surface area contributed by atoms with Gasteiger partial charge in [0.25, 0.3) is 0 Å².